The van der Waals surface area contributed by atoms with Crippen LogP contribution >= 0.6 is 12.4 Å². The first-order valence-corrected chi connectivity index (χ1v) is 6.36. The lowest BCUT2D eigenvalue weighted by Crippen LogP contribution is -2.32. The van der Waals surface area contributed by atoms with Crippen molar-refractivity contribution in [1.29, 1.82) is 0 Å². The van der Waals surface area contributed by atoms with E-state index in [0.29, 0.717) is 25.2 Å². The largest absolute Gasteiger partial charge is 0.472 e. The zero-order valence-electron chi connectivity index (χ0n) is 11.2. The second-order valence-electron chi connectivity index (χ2n) is 4.37. The molecule has 0 atom stereocenters. The highest BCUT2D eigenvalue weighted by Gasteiger charge is 2.16. The highest BCUT2D eigenvalue weighted by molar-refractivity contribution is 5.93. The number of nitrogens with two attached hydrogens (primary N) is 1. The maximum atomic E-state index is 12.3. The first kappa shape index (κ1) is 16.3. The topological polar surface area (TPSA) is 59.5 Å². The molecular formula is C15H19ClN2O2. The molecular weight excluding hydrogens is 276 g/mol. The number of benzene rings is 1. The van der Waals surface area contributed by atoms with Crippen LogP contribution in [0.15, 0.2) is 53.3 Å². The lowest BCUT2D eigenvalue weighted by molar-refractivity contribution is 0.0741. The molecule has 0 saturated carbocycles. The Labute approximate surface area is 125 Å². The van der Waals surface area contributed by atoms with Gasteiger partial charge in [-0.25, -0.2) is 0 Å². The maximum Gasteiger partial charge on any atom is 0.257 e. The number of hydrogen-bond donors (Lipinski definition) is 1. The zero-order chi connectivity index (χ0) is 13.5. The Morgan fingerprint density at radius 3 is 2.55 bits per heavy atom. The number of rotatable bonds is 6. The van der Waals surface area contributed by atoms with Crippen LogP contribution in [0.1, 0.15) is 22.3 Å². The molecule has 0 aliphatic heterocycles. The summed E-state index contributed by atoms with van der Waals surface area (Å²) in [5.74, 6) is -0.0222. The van der Waals surface area contributed by atoms with Crippen LogP contribution in [0.4, 0.5) is 0 Å². The van der Waals surface area contributed by atoms with E-state index in [0.717, 1.165) is 12.0 Å². The van der Waals surface area contributed by atoms with Gasteiger partial charge in [-0.15, -0.1) is 12.4 Å². The molecule has 1 aromatic heterocycles. The minimum atomic E-state index is -0.0222. The van der Waals surface area contributed by atoms with Gasteiger partial charge in [-0.2, -0.15) is 0 Å². The van der Waals surface area contributed by atoms with Gasteiger partial charge in [-0.05, 0) is 24.6 Å². The average Bonchev–Trinajstić information content (AvgIpc) is 2.98. The van der Waals surface area contributed by atoms with Crippen molar-refractivity contribution in [1.82, 2.24) is 4.90 Å². The third-order valence-electron chi connectivity index (χ3n) is 2.90. The Balaban J connectivity index is 0.00000200. The fraction of sp³-hybridized carbons (Fsp3) is 0.267. The van der Waals surface area contributed by atoms with Crippen LogP contribution in [0.25, 0.3) is 0 Å². The molecule has 1 amide bonds. The molecule has 0 bridgehead atoms. The quantitative estimate of drug-likeness (QED) is 0.891. The van der Waals surface area contributed by atoms with Crippen LogP contribution in [-0.2, 0) is 6.54 Å². The normalized spacial score (nSPS) is 9.85. The van der Waals surface area contributed by atoms with Gasteiger partial charge in [0.2, 0.25) is 0 Å². The third-order valence-corrected chi connectivity index (χ3v) is 2.90. The molecule has 0 aliphatic rings. The van der Waals surface area contributed by atoms with Gasteiger partial charge in [0.05, 0.1) is 11.8 Å². The molecule has 1 heterocycles. The van der Waals surface area contributed by atoms with Crippen molar-refractivity contribution in [3.63, 3.8) is 0 Å². The van der Waals surface area contributed by atoms with E-state index in [4.69, 9.17) is 10.2 Å². The van der Waals surface area contributed by atoms with Gasteiger partial charge in [-0.1, -0.05) is 30.3 Å². The molecule has 0 aliphatic carbocycles. The van der Waals surface area contributed by atoms with Gasteiger partial charge in [0.15, 0.2) is 0 Å². The Morgan fingerprint density at radius 2 is 1.95 bits per heavy atom. The number of carbonyl (C=O) groups is 1. The molecule has 2 rings (SSSR count). The Bertz CT molecular complexity index is 500. The molecule has 2 N–H and O–H groups in total. The minimum Gasteiger partial charge on any atom is -0.472 e. The Hall–Kier alpha value is -1.78. The van der Waals surface area contributed by atoms with Crippen LogP contribution in [0.3, 0.4) is 0 Å². The highest BCUT2D eigenvalue weighted by Crippen LogP contribution is 2.11. The van der Waals surface area contributed by atoms with Crippen molar-refractivity contribution in [2.45, 2.75) is 13.0 Å². The van der Waals surface area contributed by atoms with Crippen molar-refractivity contribution in [3.8, 4) is 0 Å². The molecule has 5 heteroatoms. The van der Waals surface area contributed by atoms with E-state index in [9.17, 15) is 4.79 Å². The number of nitrogens with zero attached hydrogens (tertiary/aromatic N) is 1. The predicted octanol–water partition coefficient (Wildman–Crippen LogP) is 2.69. The van der Waals surface area contributed by atoms with Gasteiger partial charge in [0.25, 0.3) is 5.91 Å². The Morgan fingerprint density at radius 1 is 1.20 bits per heavy atom. The van der Waals surface area contributed by atoms with Gasteiger partial charge in [0, 0.05) is 13.1 Å². The molecule has 0 saturated heterocycles. The van der Waals surface area contributed by atoms with Crippen LogP contribution in [0.5, 0.6) is 0 Å². The summed E-state index contributed by atoms with van der Waals surface area (Å²) in [4.78, 5) is 14.1. The van der Waals surface area contributed by atoms with Crippen molar-refractivity contribution in [3.05, 3.63) is 60.1 Å². The van der Waals surface area contributed by atoms with Crippen LogP contribution < -0.4 is 5.73 Å². The smallest absolute Gasteiger partial charge is 0.257 e. The molecule has 0 spiro atoms. The van der Waals surface area contributed by atoms with Gasteiger partial charge < -0.3 is 15.1 Å². The molecule has 2 aromatic rings. The van der Waals surface area contributed by atoms with Gasteiger partial charge >= 0.3 is 0 Å². The molecule has 4 nitrogen and oxygen atoms in total. The molecule has 0 unspecified atom stereocenters. The number of hydrogen-bond acceptors (Lipinski definition) is 3. The summed E-state index contributed by atoms with van der Waals surface area (Å²) in [5.41, 5.74) is 7.22. The van der Waals surface area contributed by atoms with E-state index in [1.807, 2.05) is 30.3 Å². The van der Waals surface area contributed by atoms with Crippen molar-refractivity contribution in [2.75, 3.05) is 13.1 Å². The average molecular weight is 295 g/mol. The first-order valence-electron chi connectivity index (χ1n) is 6.36. The molecule has 20 heavy (non-hydrogen) atoms. The molecule has 108 valence electrons. The van der Waals surface area contributed by atoms with E-state index in [1.54, 1.807) is 11.0 Å². The van der Waals surface area contributed by atoms with Crippen LogP contribution in [-0.4, -0.2) is 23.9 Å². The second-order valence-corrected chi connectivity index (χ2v) is 4.37. The fourth-order valence-corrected chi connectivity index (χ4v) is 1.91. The van der Waals surface area contributed by atoms with E-state index in [-0.39, 0.29) is 18.3 Å². The van der Waals surface area contributed by atoms with E-state index in [1.165, 1.54) is 12.5 Å². The summed E-state index contributed by atoms with van der Waals surface area (Å²) in [6.07, 6.45) is 3.77. The van der Waals surface area contributed by atoms with Crippen LogP contribution in [0.2, 0.25) is 0 Å². The van der Waals surface area contributed by atoms with Gasteiger partial charge in [-0.3, -0.25) is 4.79 Å². The summed E-state index contributed by atoms with van der Waals surface area (Å²) in [6.45, 7) is 1.81. The second kappa shape index (κ2) is 8.40. The standard InChI is InChI=1S/C15H18N2O2.ClH/c16-8-4-9-17(11-13-5-2-1-3-6-13)15(18)14-7-10-19-12-14;/h1-3,5-7,10,12H,4,8-9,11,16H2;1H. The lowest BCUT2D eigenvalue weighted by Gasteiger charge is -2.22. The number of amides is 1. The third kappa shape index (κ3) is 4.40. The predicted molar refractivity (Wildman–Crippen MR) is 80.8 cm³/mol. The highest BCUT2D eigenvalue weighted by atomic mass is 35.5. The summed E-state index contributed by atoms with van der Waals surface area (Å²) >= 11 is 0. The monoisotopic (exact) mass is 294 g/mol. The summed E-state index contributed by atoms with van der Waals surface area (Å²) < 4.78 is 4.97. The van der Waals surface area contributed by atoms with Crippen LogP contribution in [0, 0.1) is 0 Å². The SMILES string of the molecule is Cl.NCCCN(Cc1ccccc1)C(=O)c1ccoc1. The zero-order valence-corrected chi connectivity index (χ0v) is 12.0. The number of furan rings is 1. The number of halogens is 1. The van der Waals surface area contributed by atoms with Crippen molar-refractivity contribution >= 4 is 18.3 Å². The fourth-order valence-electron chi connectivity index (χ4n) is 1.91. The summed E-state index contributed by atoms with van der Waals surface area (Å²) in [7, 11) is 0. The Kier molecular flexibility index (Phi) is 6.84. The molecule has 0 fully saturated rings. The van der Waals surface area contributed by atoms with E-state index < -0.39 is 0 Å². The summed E-state index contributed by atoms with van der Waals surface area (Å²) in [5, 5.41) is 0. The van der Waals surface area contributed by atoms with E-state index in [2.05, 4.69) is 0 Å². The van der Waals surface area contributed by atoms with Crippen molar-refractivity contribution < 1.29 is 9.21 Å². The summed E-state index contributed by atoms with van der Waals surface area (Å²) in [6, 6.07) is 11.6. The molecule has 0 radical (unpaired) electrons. The maximum absolute atomic E-state index is 12.3. The van der Waals surface area contributed by atoms with Crippen molar-refractivity contribution in [2.24, 2.45) is 5.73 Å². The minimum absolute atomic E-state index is 0. The lowest BCUT2D eigenvalue weighted by atomic mass is 10.2. The molecule has 1 aromatic carbocycles. The van der Waals surface area contributed by atoms with Gasteiger partial charge in [0.1, 0.15) is 6.26 Å². The van der Waals surface area contributed by atoms with E-state index >= 15 is 0 Å². The number of carbonyl (C=O) groups excluding carboxylic acids is 1. The first-order chi connectivity index (χ1) is 9.31.